The Bertz CT molecular complexity index is 371. The third-order valence-corrected chi connectivity index (χ3v) is 2.52. The highest BCUT2D eigenvalue weighted by molar-refractivity contribution is 5.44. The van der Waals surface area contributed by atoms with Gasteiger partial charge >= 0.3 is 0 Å². The predicted octanol–water partition coefficient (Wildman–Crippen LogP) is 2.33. The van der Waals surface area contributed by atoms with Crippen molar-refractivity contribution >= 4 is 0 Å². The Hall–Kier alpha value is -1.64. The van der Waals surface area contributed by atoms with Gasteiger partial charge in [0.15, 0.2) is 11.5 Å². The standard InChI is InChI=1S/C12H14O3/c1-13-11-4-3-9(7-12(11)14-2)10-5-6-15-8-10/h3-7,10H,8H2,1-2H3. The fourth-order valence-corrected chi connectivity index (χ4v) is 1.66. The van der Waals surface area contributed by atoms with E-state index in [0.717, 1.165) is 11.5 Å². The number of hydrogen-bond donors (Lipinski definition) is 0. The van der Waals surface area contributed by atoms with Crippen molar-refractivity contribution in [3.05, 3.63) is 36.1 Å². The molecule has 3 heteroatoms. The van der Waals surface area contributed by atoms with Crippen molar-refractivity contribution in [3.8, 4) is 11.5 Å². The lowest BCUT2D eigenvalue weighted by atomic mass is 10.0. The first kappa shape index (κ1) is 9.90. The highest BCUT2D eigenvalue weighted by atomic mass is 16.5. The van der Waals surface area contributed by atoms with Crippen LogP contribution in [0.4, 0.5) is 0 Å². The van der Waals surface area contributed by atoms with Crippen LogP contribution in [-0.4, -0.2) is 20.8 Å². The van der Waals surface area contributed by atoms with Crippen molar-refractivity contribution in [3.63, 3.8) is 0 Å². The Morgan fingerprint density at radius 2 is 2.00 bits per heavy atom. The summed E-state index contributed by atoms with van der Waals surface area (Å²) in [6.45, 7) is 0.704. The Balaban J connectivity index is 2.29. The first-order valence-electron chi connectivity index (χ1n) is 4.85. The summed E-state index contributed by atoms with van der Waals surface area (Å²) < 4.78 is 15.6. The van der Waals surface area contributed by atoms with Crippen LogP contribution in [0.25, 0.3) is 0 Å². The van der Waals surface area contributed by atoms with Crippen LogP contribution in [0.1, 0.15) is 11.5 Å². The topological polar surface area (TPSA) is 27.7 Å². The van der Waals surface area contributed by atoms with E-state index in [9.17, 15) is 0 Å². The predicted molar refractivity (Wildman–Crippen MR) is 57.4 cm³/mol. The zero-order chi connectivity index (χ0) is 10.7. The van der Waals surface area contributed by atoms with Gasteiger partial charge in [-0.2, -0.15) is 0 Å². The normalized spacial score (nSPS) is 18.7. The minimum atomic E-state index is 0.324. The van der Waals surface area contributed by atoms with Gasteiger partial charge < -0.3 is 14.2 Å². The molecule has 1 aliphatic heterocycles. The molecule has 15 heavy (non-hydrogen) atoms. The van der Waals surface area contributed by atoms with Gasteiger partial charge in [0.05, 0.1) is 27.1 Å². The number of rotatable bonds is 3. The van der Waals surface area contributed by atoms with Crippen LogP contribution in [0.3, 0.4) is 0 Å². The average Bonchev–Trinajstić information content (AvgIpc) is 2.81. The van der Waals surface area contributed by atoms with E-state index in [1.807, 2.05) is 24.3 Å². The van der Waals surface area contributed by atoms with E-state index in [0.29, 0.717) is 12.5 Å². The largest absolute Gasteiger partial charge is 0.501 e. The van der Waals surface area contributed by atoms with Crippen molar-refractivity contribution in [2.45, 2.75) is 5.92 Å². The van der Waals surface area contributed by atoms with Gasteiger partial charge in [0.1, 0.15) is 0 Å². The second-order valence-corrected chi connectivity index (χ2v) is 3.38. The first-order valence-corrected chi connectivity index (χ1v) is 4.85. The fourth-order valence-electron chi connectivity index (χ4n) is 1.66. The van der Waals surface area contributed by atoms with Crippen molar-refractivity contribution in [1.29, 1.82) is 0 Å². The van der Waals surface area contributed by atoms with E-state index in [1.165, 1.54) is 5.56 Å². The summed E-state index contributed by atoms with van der Waals surface area (Å²) in [4.78, 5) is 0. The summed E-state index contributed by atoms with van der Waals surface area (Å²) in [5, 5.41) is 0. The fraction of sp³-hybridized carbons (Fsp3) is 0.333. The molecule has 1 aliphatic rings. The molecule has 0 amide bonds. The van der Waals surface area contributed by atoms with Gasteiger partial charge in [0.25, 0.3) is 0 Å². The van der Waals surface area contributed by atoms with Crippen LogP contribution < -0.4 is 9.47 Å². The molecule has 1 atom stereocenters. The van der Waals surface area contributed by atoms with E-state index in [4.69, 9.17) is 14.2 Å². The van der Waals surface area contributed by atoms with Crippen LogP contribution in [0.5, 0.6) is 11.5 Å². The summed E-state index contributed by atoms with van der Waals surface area (Å²) in [6.07, 6.45) is 3.78. The first-order chi connectivity index (χ1) is 7.35. The summed E-state index contributed by atoms with van der Waals surface area (Å²) in [5.41, 5.74) is 1.18. The molecule has 0 bridgehead atoms. The number of benzene rings is 1. The Morgan fingerprint density at radius 1 is 1.20 bits per heavy atom. The second kappa shape index (κ2) is 4.26. The quantitative estimate of drug-likeness (QED) is 0.759. The van der Waals surface area contributed by atoms with Gasteiger partial charge in [0, 0.05) is 5.92 Å². The molecule has 1 aromatic carbocycles. The molecule has 0 N–H and O–H groups in total. The minimum Gasteiger partial charge on any atom is -0.501 e. The van der Waals surface area contributed by atoms with Crippen LogP contribution in [0.15, 0.2) is 30.5 Å². The van der Waals surface area contributed by atoms with E-state index >= 15 is 0 Å². The van der Waals surface area contributed by atoms with Gasteiger partial charge in [-0.05, 0) is 23.8 Å². The van der Waals surface area contributed by atoms with E-state index in [2.05, 4.69) is 0 Å². The molecule has 0 aliphatic carbocycles. The van der Waals surface area contributed by atoms with E-state index in [-0.39, 0.29) is 0 Å². The summed E-state index contributed by atoms with van der Waals surface area (Å²) in [7, 11) is 3.28. The van der Waals surface area contributed by atoms with E-state index < -0.39 is 0 Å². The summed E-state index contributed by atoms with van der Waals surface area (Å²) in [6, 6.07) is 5.94. The van der Waals surface area contributed by atoms with Crippen LogP contribution >= 0.6 is 0 Å². The SMILES string of the molecule is COc1ccc(C2C=COC2)cc1OC. The molecule has 3 nitrogen and oxygen atoms in total. The number of methoxy groups -OCH3 is 2. The maximum Gasteiger partial charge on any atom is 0.161 e. The minimum absolute atomic E-state index is 0.324. The second-order valence-electron chi connectivity index (χ2n) is 3.38. The number of hydrogen-bond acceptors (Lipinski definition) is 3. The molecule has 0 spiro atoms. The molecule has 0 fully saturated rings. The van der Waals surface area contributed by atoms with Gasteiger partial charge in [-0.3, -0.25) is 0 Å². The Labute approximate surface area is 89.3 Å². The van der Waals surface area contributed by atoms with Crippen LogP contribution in [0, 0.1) is 0 Å². The van der Waals surface area contributed by atoms with Gasteiger partial charge in [0.2, 0.25) is 0 Å². The maximum absolute atomic E-state index is 5.25. The molecule has 0 saturated carbocycles. The summed E-state index contributed by atoms with van der Waals surface area (Å²) in [5.74, 6) is 1.84. The van der Waals surface area contributed by atoms with Crippen molar-refractivity contribution < 1.29 is 14.2 Å². The highest BCUT2D eigenvalue weighted by Crippen LogP contribution is 2.32. The van der Waals surface area contributed by atoms with Gasteiger partial charge in [-0.25, -0.2) is 0 Å². The van der Waals surface area contributed by atoms with Crippen LogP contribution in [-0.2, 0) is 4.74 Å². The van der Waals surface area contributed by atoms with Crippen molar-refractivity contribution in [1.82, 2.24) is 0 Å². The third kappa shape index (κ3) is 1.91. The maximum atomic E-state index is 5.25. The lowest BCUT2D eigenvalue weighted by molar-refractivity contribution is 0.269. The third-order valence-electron chi connectivity index (χ3n) is 2.52. The van der Waals surface area contributed by atoms with Crippen LogP contribution in [0.2, 0.25) is 0 Å². The molecule has 1 heterocycles. The van der Waals surface area contributed by atoms with Gasteiger partial charge in [-0.1, -0.05) is 6.07 Å². The highest BCUT2D eigenvalue weighted by Gasteiger charge is 2.15. The zero-order valence-electron chi connectivity index (χ0n) is 8.90. The molecule has 1 aromatic rings. The molecule has 0 radical (unpaired) electrons. The Morgan fingerprint density at radius 3 is 2.60 bits per heavy atom. The lowest BCUT2D eigenvalue weighted by Crippen LogP contribution is -1.99. The molecule has 1 unspecified atom stereocenters. The monoisotopic (exact) mass is 206 g/mol. The molecule has 2 rings (SSSR count). The van der Waals surface area contributed by atoms with Crippen molar-refractivity contribution in [2.75, 3.05) is 20.8 Å². The number of ether oxygens (including phenoxy) is 3. The molecular weight excluding hydrogens is 192 g/mol. The zero-order valence-corrected chi connectivity index (χ0v) is 8.90. The van der Waals surface area contributed by atoms with E-state index in [1.54, 1.807) is 20.5 Å². The lowest BCUT2D eigenvalue weighted by Gasteiger charge is -2.11. The molecular formula is C12H14O3. The average molecular weight is 206 g/mol. The Kier molecular flexibility index (Phi) is 2.81. The van der Waals surface area contributed by atoms with Gasteiger partial charge in [-0.15, -0.1) is 0 Å². The smallest absolute Gasteiger partial charge is 0.161 e. The summed E-state index contributed by atoms with van der Waals surface area (Å²) >= 11 is 0. The molecule has 0 saturated heterocycles. The molecule has 80 valence electrons. The molecule has 0 aromatic heterocycles. The van der Waals surface area contributed by atoms with Crippen molar-refractivity contribution in [2.24, 2.45) is 0 Å².